The molecule has 0 aliphatic rings. The number of benzene rings is 14. The van der Waals surface area contributed by atoms with Crippen LogP contribution in [0.25, 0.3) is 176 Å². The number of hydrogen-bond donors (Lipinski definition) is 0. The molecular formula is C84H52N6. The lowest BCUT2D eigenvalue weighted by Gasteiger charge is -2.12. The summed E-state index contributed by atoms with van der Waals surface area (Å²) < 4.78 is 14.8. The Kier molecular flexibility index (Phi) is 10.2. The average Bonchev–Trinajstić information content (AvgIpc) is 1.57. The third-order valence-corrected chi connectivity index (χ3v) is 19.4. The second-order valence-corrected chi connectivity index (χ2v) is 24.0. The summed E-state index contributed by atoms with van der Waals surface area (Å²) in [5.41, 5.74) is 23.4. The van der Waals surface area contributed by atoms with E-state index in [9.17, 15) is 0 Å². The van der Waals surface area contributed by atoms with E-state index < -0.39 is 0 Å². The van der Waals surface area contributed by atoms with Crippen LogP contribution in [0.4, 0.5) is 0 Å². The molecule has 0 N–H and O–H groups in total. The van der Waals surface area contributed by atoms with E-state index in [1.807, 2.05) is 0 Å². The molecule has 0 bridgehead atoms. The molecule has 0 radical (unpaired) electrons. The first-order valence-electron chi connectivity index (χ1n) is 31.0. The van der Waals surface area contributed by atoms with E-state index >= 15 is 0 Å². The zero-order valence-corrected chi connectivity index (χ0v) is 48.7. The SMILES string of the molecule is c1ccc(-n2c3ccccc3c3cc(-n4c5ccccc5c5c4ccc4c6ccccc6n(-c6ccc(-c7ccc8c(c7)c7ccc9c(c%10ccccc%10n9-c9cccc%10c9c9ccccc9n%10-c9ccccc9)c7n8-c7ccccc7)cc6)c45)ccc32)cc1. The number of aromatic nitrogens is 6. The molecule has 0 saturated heterocycles. The maximum absolute atomic E-state index is 2.52. The molecule has 90 heavy (non-hydrogen) atoms. The molecule has 418 valence electrons. The summed E-state index contributed by atoms with van der Waals surface area (Å²) in [7, 11) is 0. The highest BCUT2D eigenvalue weighted by Gasteiger charge is 2.26. The fourth-order valence-corrected chi connectivity index (χ4v) is 15.7. The van der Waals surface area contributed by atoms with Crippen LogP contribution in [0, 0.1) is 0 Å². The van der Waals surface area contributed by atoms with Gasteiger partial charge < -0.3 is 27.4 Å². The van der Waals surface area contributed by atoms with Crippen LogP contribution < -0.4 is 0 Å². The van der Waals surface area contributed by atoms with Gasteiger partial charge in [0.2, 0.25) is 0 Å². The fraction of sp³-hybridized carbons (Fsp3) is 0. The highest BCUT2D eigenvalue weighted by atomic mass is 15.0. The molecule has 6 nitrogen and oxygen atoms in total. The summed E-state index contributed by atoms with van der Waals surface area (Å²) in [5, 5.41) is 14.7. The predicted molar refractivity (Wildman–Crippen MR) is 378 cm³/mol. The van der Waals surface area contributed by atoms with Crippen molar-refractivity contribution in [2.45, 2.75) is 0 Å². The number of fused-ring (bicyclic) bond motifs is 20. The van der Waals surface area contributed by atoms with Gasteiger partial charge in [-0.25, -0.2) is 0 Å². The van der Waals surface area contributed by atoms with E-state index in [0.29, 0.717) is 0 Å². The Morgan fingerprint density at radius 3 is 1.08 bits per heavy atom. The number of hydrogen-bond acceptors (Lipinski definition) is 0. The smallest absolute Gasteiger partial charge is 0.0641 e. The quantitative estimate of drug-likeness (QED) is 0.152. The molecule has 0 fully saturated rings. The van der Waals surface area contributed by atoms with E-state index in [4.69, 9.17) is 0 Å². The lowest BCUT2D eigenvalue weighted by molar-refractivity contribution is 1.16. The molecule has 6 heteroatoms. The average molecular weight is 1150 g/mol. The first kappa shape index (κ1) is 49.0. The molecule has 0 spiro atoms. The van der Waals surface area contributed by atoms with E-state index in [1.165, 1.54) is 136 Å². The Bertz CT molecular complexity index is 6370. The van der Waals surface area contributed by atoms with Gasteiger partial charge in [0.15, 0.2) is 0 Å². The van der Waals surface area contributed by atoms with Crippen molar-refractivity contribution in [3.63, 3.8) is 0 Å². The van der Waals surface area contributed by atoms with Crippen molar-refractivity contribution in [2.75, 3.05) is 0 Å². The third kappa shape index (κ3) is 6.76. The van der Waals surface area contributed by atoms with Crippen LogP contribution in [-0.4, -0.2) is 27.4 Å². The van der Waals surface area contributed by atoms with Gasteiger partial charge in [0.1, 0.15) is 0 Å². The van der Waals surface area contributed by atoms with E-state index in [2.05, 4.69) is 343 Å². The van der Waals surface area contributed by atoms with Crippen molar-refractivity contribution in [3.05, 3.63) is 315 Å². The minimum absolute atomic E-state index is 1.12. The van der Waals surface area contributed by atoms with E-state index in [-0.39, 0.29) is 0 Å². The van der Waals surface area contributed by atoms with Gasteiger partial charge >= 0.3 is 0 Å². The molecule has 0 atom stereocenters. The van der Waals surface area contributed by atoms with Crippen LogP contribution in [0.3, 0.4) is 0 Å². The number of nitrogens with zero attached hydrogens (tertiary/aromatic N) is 6. The van der Waals surface area contributed by atoms with Crippen molar-refractivity contribution in [3.8, 4) is 45.3 Å². The zero-order valence-electron chi connectivity index (χ0n) is 48.7. The van der Waals surface area contributed by atoms with Crippen LogP contribution in [0.15, 0.2) is 315 Å². The lowest BCUT2D eigenvalue weighted by atomic mass is 10.0. The normalized spacial score (nSPS) is 12.2. The van der Waals surface area contributed by atoms with Crippen molar-refractivity contribution in [1.82, 2.24) is 27.4 Å². The van der Waals surface area contributed by atoms with Gasteiger partial charge in [0.25, 0.3) is 0 Å². The van der Waals surface area contributed by atoms with Crippen molar-refractivity contribution < 1.29 is 0 Å². The number of para-hydroxylation sites is 8. The Morgan fingerprint density at radius 1 is 0.156 bits per heavy atom. The van der Waals surface area contributed by atoms with Gasteiger partial charge in [0.05, 0.1) is 71.9 Å². The minimum Gasteiger partial charge on any atom is -0.309 e. The molecule has 20 rings (SSSR count). The Hall–Kier alpha value is -12.1. The maximum atomic E-state index is 2.52. The maximum Gasteiger partial charge on any atom is 0.0641 e. The fourth-order valence-electron chi connectivity index (χ4n) is 15.7. The molecule has 20 aromatic rings. The standard InChI is InChI=1S/C84H52N6/c1-4-21-55(22-5-1)85-69-32-15-11-28-61(69)68-52-59(44-48-74(68)85)87-72-35-18-13-30-65(72)81-78(87)49-45-62-60-27-10-16-33-70(60)89(83(62)81)58-42-39-53(40-43-58)54-41-47-75-67(51-54)63-46-50-79-82(84(63)88(75)57-25-8-3-9-26-57)66-31-14-19-36-73(66)90(79)77-38-20-37-76-80(77)64-29-12-17-34-71(64)86(76)56-23-6-2-7-24-56/h1-52H. The van der Waals surface area contributed by atoms with Crippen LogP contribution >= 0.6 is 0 Å². The van der Waals surface area contributed by atoms with Gasteiger partial charge in [-0.3, -0.25) is 0 Å². The molecule has 0 aliphatic carbocycles. The van der Waals surface area contributed by atoms with Gasteiger partial charge in [-0.2, -0.15) is 0 Å². The Morgan fingerprint density at radius 2 is 0.489 bits per heavy atom. The molecule has 6 heterocycles. The Balaban J connectivity index is 0.760. The molecular weight excluding hydrogens is 1090 g/mol. The summed E-state index contributed by atoms with van der Waals surface area (Å²) >= 11 is 0. The highest BCUT2D eigenvalue weighted by Crippen LogP contribution is 2.47. The second kappa shape index (κ2) is 18.7. The van der Waals surface area contributed by atoms with Crippen LogP contribution in [0.1, 0.15) is 0 Å². The van der Waals surface area contributed by atoms with Crippen LogP contribution in [0.2, 0.25) is 0 Å². The molecule has 0 saturated carbocycles. The highest BCUT2D eigenvalue weighted by molar-refractivity contribution is 6.29. The van der Waals surface area contributed by atoms with E-state index in [1.54, 1.807) is 0 Å². The third-order valence-electron chi connectivity index (χ3n) is 19.4. The van der Waals surface area contributed by atoms with Crippen LogP contribution in [0.5, 0.6) is 0 Å². The van der Waals surface area contributed by atoms with Gasteiger partial charge in [0, 0.05) is 93.1 Å². The first-order chi connectivity index (χ1) is 44.7. The number of rotatable bonds is 7. The molecule has 0 aliphatic heterocycles. The summed E-state index contributed by atoms with van der Waals surface area (Å²) in [6, 6.07) is 116. The van der Waals surface area contributed by atoms with Crippen molar-refractivity contribution >= 4 is 131 Å². The topological polar surface area (TPSA) is 29.6 Å². The molecule has 0 amide bonds. The zero-order chi connectivity index (χ0) is 58.7. The predicted octanol–water partition coefficient (Wildman–Crippen LogP) is 21.9. The summed E-state index contributed by atoms with van der Waals surface area (Å²) in [4.78, 5) is 0. The van der Waals surface area contributed by atoms with Gasteiger partial charge in [-0.1, -0.05) is 182 Å². The van der Waals surface area contributed by atoms with E-state index in [0.717, 1.165) is 39.7 Å². The largest absolute Gasteiger partial charge is 0.309 e. The molecule has 0 unspecified atom stereocenters. The summed E-state index contributed by atoms with van der Waals surface area (Å²) in [5.74, 6) is 0. The monoisotopic (exact) mass is 1140 g/mol. The minimum atomic E-state index is 1.12. The Labute approximate surface area is 516 Å². The summed E-state index contributed by atoms with van der Waals surface area (Å²) in [6.07, 6.45) is 0. The lowest BCUT2D eigenvalue weighted by Crippen LogP contribution is -1.97. The molecule has 14 aromatic carbocycles. The molecule has 6 aromatic heterocycles. The summed E-state index contributed by atoms with van der Waals surface area (Å²) in [6.45, 7) is 0. The van der Waals surface area contributed by atoms with Crippen molar-refractivity contribution in [1.29, 1.82) is 0 Å². The van der Waals surface area contributed by atoms with Gasteiger partial charge in [-0.15, -0.1) is 0 Å². The second-order valence-electron chi connectivity index (χ2n) is 24.0. The van der Waals surface area contributed by atoms with Gasteiger partial charge in [-0.05, 0) is 145 Å². The first-order valence-corrected chi connectivity index (χ1v) is 31.0. The van der Waals surface area contributed by atoms with Crippen LogP contribution in [-0.2, 0) is 0 Å². The van der Waals surface area contributed by atoms with Crippen molar-refractivity contribution in [2.24, 2.45) is 0 Å².